The first-order chi connectivity index (χ1) is 13.1. The largest absolute Gasteiger partial charge is 0.370 e. The van der Waals surface area contributed by atoms with Gasteiger partial charge in [-0.15, -0.1) is 24.0 Å². The number of nitrogens with two attached hydrogens (primary N) is 1. The van der Waals surface area contributed by atoms with Gasteiger partial charge in [-0.3, -0.25) is 9.58 Å². The number of benzene rings is 1. The number of likely N-dealkylation sites (tertiary alicyclic amines) is 1. The predicted octanol–water partition coefficient (Wildman–Crippen LogP) is 3.05. The maximum Gasteiger partial charge on any atom is 0.188 e. The van der Waals surface area contributed by atoms with E-state index in [1.165, 1.54) is 24.9 Å². The fourth-order valence-electron chi connectivity index (χ4n) is 3.86. The molecule has 28 heavy (non-hydrogen) atoms. The SMILES string of the molecule is CCN1CCCC1CNC(N)=NCc1c(C)nn(Cc2ccccc2)c1C.I. The first-order valence-electron chi connectivity index (χ1n) is 9.93. The number of hydrogen-bond donors (Lipinski definition) is 2. The van der Waals surface area contributed by atoms with Crippen LogP contribution in [0.3, 0.4) is 0 Å². The summed E-state index contributed by atoms with van der Waals surface area (Å²) in [7, 11) is 0. The number of hydrogen-bond acceptors (Lipinski definition) is 3. The van der Waals surface area contributed by atoms with E-state index in [0.29, 0.717) is 18.5 Å². The number of nitrogens with zero attached hydrogens (tertiary/aromatic N) is 4. The summed E-state index contributed by atoms with van der Waals surface area (Å²) in [4.78, 5) is 7.06. The van der Waals surface area contributed by atoms with Crippen molar-refractivity contribution in [1.29, 1.82) is 0 Å². The van der Waals surface area contributed by atoms with E-state index < -0.39 is 0 Å². The Labute approximate surface area is 185 Å². The third kappa shape index (κ3) is 5.70. The molecular formula is C21H33IN6. The fraction of sp³-hybridized carbons (Fsp3) is 0.524. The van der Waals surface area contributed by atoms with Crippen molar-refractivity contribution in [2.24, 2.45) is 10.7 Å². The highest BCUT2D eigenvalue weighted by Crippen LogP contribution is 2.17. The van der Waals surface area contributed by atoms with Gasteiger partial charge in [-0.2, -0.15) is 5.10 Å². The zero-order valence-electron chi connectivity index (χ0n) is 17.2. The van der Waals surface area contributed by atoms with Gasteiger partial charge in [0, 0.05) is 23.8 Å². The van der Waals surface area contributed by atoms with Crippen LogP contribution < -0.4 is 11.1 Å². The topological polar surface area (TPSA) is 71.5 Å². The number of rotatable bonds is 7. The highest BCUT2D eigenvalue weighted by Gasteiger charge is 2.22. The standard InChI is InChI=1S/C21H32N6.HI/c1-4-26-12-8-11-19(26)13-23-21(22)24-14-20-16(2)25-27(17(20)3)15-18-9-6-5-7-10-18;/h5-7,9-10,19H,4,8,11-15H2,1-3H3,(H3,22,23,24);1H. The van der Waals surface area contributed by atoms with E-state index in [1.54, 1.807) is 0 Å². The lowest BCUT2D eigenvalue weighted by Gasteiger charge is -2.23. The van der Waals surface area contributed by atoms with Crippen molar-refractivity contribution in [2.75, 3.05) is 19.6 Å². The van der Waals surface area contributed by atoms with E-state index in [-0.39, 0.29) is 24.0 Å². The summed E-state index contributed by atoms with van der Waals surface area (Å²) in [6, 6.07) is 11.0. The number of likely N-dealkylation sites (N-methyl/N-ethyl adjacent to an activating group) is 1. The van der Waals surface area contributed by atoms with E-state index in [9.17, 15) is 0 Å². The lowest BCUT2D eigenvalue weighted by Crippen LogP contribution is -2.42. The smallest absolute Gasteiger partial charge is 0.188 e. The monoisotopic (exact) mass is 496 g/mol. The van der Waals surface area contributed by atoms with Gasteiger partial charge in [-0.25, -0.2) is 4.99 Å². The number of aliphatic imine (C=N–C) groups is 1. The summed E-state index contributed by atoms with van der Waals surface area (Å²) in [5.41, 5.74) is 10.7. The van der Waals surface area contributed by atoms with Gasteiger partial charge in [0.15, 0.2) is 5.96 Å². The molecule has 0 amide bonds. The van der Waals surface area contributed by atoms with E-state index in [4.69, 9.17) is 10.8 Å². The van der Waals surface area contributed by atoms with Gasteiger partial charge >= 0.3 is 0 Å². The number of aryl methyl sites for hydroxylation is 1. The minimum atomic E-state index is 0. The average molecular weight is 496 g/mol. The molecule has 1 saturated heterocycles. The number of nitrogens with one attached hydrogen (secondary N) is 1. The minimum Gasteiger partial charge on any atom is -0.370 e. The van der Waals surface area contributed by atoms with Crippen LogP contribution >= 0.6 is 24.0 Å². The maximum absolute atomic E-state index is 6.11. The molecule has 0 radical (unpaired) electrons. The Morgan fingerprint density at radius 3 is 2.75 bits per heavy atom. The quantitative estimate of drug-likeness (QED) is 0.351. The maximum atomic E-state index is 6.11. The molecule has 1 aliphatic rings. The zero-order chi connectivity index (χ0) is 19.2. The van der Waals surface area contributed by atoms with Crippen molar-refractivity contribution in [3.05, 3.63) is 52.8 Å². The molecule has 0 spiro atoms. The van der Waals surface area contributed by atoms with Crippen molar-refractivity contribution in [3.63, 3.8) is 0 Å². The first-order valence-corrected chi connectivity index (χ1v) is 9.93. The summed E-state index contributed by atoms with van der Waals surface area (Å²) in [5, 5.41) is 8.00. The second kappa shape index (κ2) is 10.8. The van der Waals surface area contributed by atoms with E-state index >= 15 is 0 Å². The molecule has 3 N–H and O–H groups in total. The Kier molecular flexibility index (Phi) is 8.75. The van der Waals surface area contributed by atoms with Crippen LogP contribution in [-0.4, -0.2) is 46.3 Å². The van der Waals surface area contributed by atoms with Crippen molar-refractivity contribution in [2.45, 2.75) is 52.7 Å². The van der Waals surface area contributed by atoms with Crippen molar-refractivity contribution >= 4 is 29.9 Å². The summed E-state index contributed by atoms with van der Waals surface area (Å²) in [6.45, 7) is 10.9. The summed E-state index contributed by atoms with van der Waals surface area (Å²) >= 11 is 0. The first kappa shape index (κ1) is 22.7. The summed E-state index contributed by atoms with van der Waals surface area (Å²) in [6.07, 6.45) is 2.51. The molecule has 0 saturated carbocycles. The number of guanidine groups is 1. The van der Waals surface area contributed by atoms with Gasteiger partial charge in [0.2, 0.25) is 0 Å². The molecule has 2 aromatic rings. The molecule has 1 unspecified atom stereocenters. The molecule has 7 heteroatoms. The van der Waals surface area contributed by atoms with Crippen molar-refractivity contribution in [1.82, 2.24) is 20.0 Å². The molecule has 6 nitrogen and oxygen atoms in total. The van der Waals surface area contributed by atoms with Gasteiger partial charge in [-0.05, 0) is 45.3 Å². The summed E-state index contributed by atoms with van der Waals surface area (Å²) in [5.74, 6) is 0.521. The van der Waals surface area contributed by atoms with Gasteiger partial charge in [-0.1, -0.05) is 37.3 Å². The lowest BCUT2D eigenvalue weighted by atomic mass is 10.2. The summed E-state index contributed by atoms with van der Waals surface area (Å²) < 4.78 is 2.05. The zero-order valence-corrected chi connectivity index (χ0v) is 19.5. The van der Waals surface area contributed by atoms with E-state index in [0.717, 1.165) is 36.6 Å². The van der Waals surface area contributed by atoms with Crippen molar-refractivity contribution < 1.29 is 0 Å². The molecule has 1 aliphatic heterocycles. The van der Waals surface area contributed by atoms with Gasteiger partial charge in [0.05, 0.1) is 18.8 Å². The number of aromatic nitrogens is 2. The molecule has 1 aromatic heterocycles. The Morgan fingerprint density at radius 1 is 1.29 bits per heavy atom. The second-order valence-electron chi connectivity index (χ2n) is 7.30. The van der Waals surface area contributed by atoms with Crippen LogP contribution in [0.15, 0.2) is 35.3 Å². The Hall–Kier alpha value is -1.61. The molecular weight excluding hydrogens is 463 g/mol. The van der Waals surface area contributed by atoms with E-state index in [1.807, 2.05) is 13.0 Å². The normalized spacial score (nSPS) is 17.5. The Morgan fingerprint density at radius 2 is 2.04 bits per heavy atom. The molecule has 2 heterocycles. The molecule has 1 fully saturated rings. The van der Waals surface area contributed by atoms with Crippen molar-refractivity contribution in [3.8, 4) is 0 Å². The molecule has 154 valence electrons. The van der Waals surface area contributed by atoms with Gasteiger partial charge < -0.3 is 11.1 Å². The predicted molar refractivity (Wildman–Crippen MR) is 126 cm³/mol. The van der Waals surface area contributed by atoms with Crippen LogP contribution in [0.25, 0.3) is 0 Å². The van der Waals surface area contributed by atoms with Gasteiger partial charge in [0.1, 0.15) is 0 Å². The lowest BCUT2D eigenvalue weighted by molar-refractivity contribution is 0.267. The minimum absolute atomic E-state index is 0. The van der Waals surface area contributed by atoms with Crippen LogP contribution in [0.5, 0.6) is 0 Å². The third-order valence-electron chi connectivity index (χ3n) is 5.54. The molecule has 0 bridgehead atoms. The Bertz CT molecular complexity index is 771. The molecule has 1 aromatic carbocycles. The van der Waals surface area contributed by atoms with Gasteiger partial charge in [0.25, 0.3) is 0 Å². The highest BCUT2D eigenvalue weighted by atomic mass is 127. The average Bonchev–Trinajstić information content (AvgIpc) is 3.23. The third-order valence-corrected chi connectivity index (χ3v) is 5.54. The van der Waals surface area contributed by atoms with Crippen LogP contribution in [-0.2, 0) is 13.1 Å². The van der Waals surface area contributed by atoms with Crippen LogP contribution in [0.4, 0.5) is 0 Å². The molecule has 1 atom stereocenters. The molecule has 0 aliphatic carbocycles. The fourth-order valence-corrected chi connectivity index (χ4v) is 3.86. The van der Waals surface area contributed by atoms with Crippen LogP contribution in [0.1, 0.15) is 42.3 Å². The second-order valence-corrected chi connectivity index (χ2v) is 7.30. The molecule has 3 rings (SSSR count). The number of halogens is 1. The highest BCUT2D eigenvalue weighted by molar-refractivity contribution is 14.0. The Balaban J connectivity index is 0.00000280. The van der Waals surface area contributed by atoms with Crippen LogP contribution in [0.2, 0.25) is 0 Å². The van der Waals surface area contributed by atoms with E-state index in [2.05, 4.69) is 58.0 Å². The van der Waals surface area contributed by atoms with Crippen LogP contribution in [0, 0.1) is 13.8 Å².